The minimum absolute atomic E-state index is 0.0630. The molecule has 3 heterocycles. The standard InChI is InChI=1S/C22H26N6O2/c1-25-21(29)7-4-17(24-25)14-26-8-10-27(11-9-26)18-5-6-19-20(12-18)23-15-28(22(19)30)13-16-2-3-16/h4-7,12,15-16H,2-3,8-11,13-14H2,1H3. The second-order valence-electron chi connectivity index (χ2n) is 8.40. The molecule has 8 heteroatoms. The van der Waals surface area contributed by atoms with Crippen molar-refractivity contribution in [2.75, 3.05) is 31.1 Å². The molecule has 2 aliphatic rings. The van der Waals surface area contributed by atoms with Crippen molar-refractivity contribution in [2.24, 2.45) is 13.0 Å². The van der Waals surface area contributed by atoms with E-state index in [2.05, 4.69) is 19.9 Å². The number of anilines is 1. The van der Waals surface area contributed by atoms with E-state index in [9.17, 15) is 9.59 Å². The summed E-state index contributed by atoms with van der Waals surface area (Å²) in [6, 6.07) is 9.36. The number of piperazine rings is 1. The first-order valence-electron chi connectivity index (χ1n) is 10.6. The molecule has 1 aromatic carbocycles. The molecule has 5 rings (SSSR count). The second-order valence-corrected chi connectivity index (χ2v) is 8.40. The van der Waals surface area contributed by atoms with Crippen LogP contribution in [0.25, 0.3) is 10.9 Å². The first kappa shape index (κ1) is 19.0. The third-order valence-electron chi connectivity index (χ3n) is 6.10. The fraction of sp³-hybridized carbons (Fsp3) is 0.455. The highest BCUT2D eigenvalue weighted by Crippen LogP contribution is 2.30. The Morgan fingerprint density at radius 3 is 2.57 bits per heavy atom. The van der Waals surface area contributed by atoms with Gasteiger partial charge >= 0.3 is 0 Å². The van der Waals surface area contributed by atoms with Crippen molar-refractivity contribution < 1.29 is 0 Å². The van der Waals surface area contributed by atoms with E-state index in [1.807, 2.05) is 18.2 Å². The van der Waals surface area contributed by atoms with Crippen LogP contribution < -0.4 is 16.0 Å². The molecule has 0 amide bonds. The van der Waals surface area contributed by atoms with Gasteiger partial charge in [-0.25, -0.2) is 9.67 Å². The molecular weight excluding hydrogens is 380 g/mol. The van der Waals surface area contributed by atoms with Crippen molar-refractivity contribution >= 4 is 16.6 Å². The summed E-state index contributed by atoms with van der Waals surface area (Å²) in [6.07, 6.45) is 4.13. The molecule has 0 spiro atoms. The van der Waals surface area contributed by atoms with Crippen LogP contribution in [-0.2, 0) is 20.1 Å². The Labute approximate surface area is 174 Å². The highest BCUT2D eigenvalue weighted by atomic mass is 16.1. The Hall–Kier alpha value is -3.00. The van der Waals surface area contributed by atoms with Crippen LogP contribution in [0.5, 0.6) is 0 Å². The maximum atomic E-state index is 12.7. The van der Waals surface area contributed by atoms with E-state index < -0.39 is 0 Å². The van der Waals surface area contributed by atoms with Gasteiger partial charge in [0.25, 0.3) is 11.1 Å². The molecule has 30 heavy (non-hydrogen) atoms. The molecule has 2 fully saturated rings. The lowest BCUT2D eigenvalue weighted by Crippen LogP contribution is -2.46. The fourth-order valence-electron chi connectivity index (χ4n) is 4.08. The van der Waals surface area contributed by atoms with Gasteiger partial charge in [-0.1, -0.05) is 0 Å². The van der Waals surface area contributed by atoms with Crippen LogP contribution in [0.15, 0.2) is 46.2 Å². The Bertz CT molecular complexity index is 1190. The predicted octanol–water partition coefficient (Wildman–Crippen LogP) is 1.22. The number of benzene rings is 1. The highest BCUT2D eigenvalue weighted by molar-refractivity contribution is 5.81. The van der Waals surface area contributed by atoms with Crippen LogP contribution in [0.1, 0.15) is 18.5 Å². The number of fused-ring (bicyclic) bond motifs is 1. The Morgan fingerprint density at radius 2 is 1.83 bits per heavy atom. The molecule has 8 nitrogen and oxygen atoms in total. The molecule has 1 saturated carbocycles. The van der Waals surface area contributed by atoms with Crippen LogP contribution in [0.4, 0.5) is 5.69 Å². The average molecular weight is 406 g/mol. The van der Waals surface area contributed by atoms with E-state index in [-0.39, 0.29) is 11.1 Å². The maximum absolute atomic E-state index is 12.7. The van der Waals surface area contributed by atoms with E-state index in [0.717, 1.165) is 56.2 Å². The summed E-state index contributed by atoms with van der Waals surface area (Å²) in [7, 11) is 1.68. The molecule has 156 valence electrons. The number of rotatable bonds is 5. The summed E-state index contributed by atoms with van der Waals surface area (Å²) in [5.74, 6) is 0.647. The molecule has 2 aromatic heterocycles. The number of hydrogen-bond donors (Lipinski definition) is 0. The van der Waals surface area contributed by atoms with Gasteiger partial charge in [-0.3, -0.25) is 19.1 Å². The summed E-state index contributed by atoms with van der Waals surface area (Å²) >= 11 is 0. The van der Waals surface area contributed by atoms with E-state index in [1.54, 1.807) is 30.1 Å². The molecule has 3 aromatic rings. The largest absolute Gasteiger partial charge is 0.369 e. The quantitative estimate of drug-likeness (QED) is 0.634. The van der Waals surface area contributed by atoms with Crippen LogP contribution in [0.3, 0.4) is 0 Å². The Morgan fingerprint density at radius 1 is 1.03 bits per heavy atom. The van der Waals surface area contributed by atoms with E-state index in [4.69, 9.17) is 0 Å². The summed E-state index contributed by atoms with van der Waals surface area (Å²) in [5.41, 5.74) is 2.75. The lowest BCUT2D eigenvalue weighted by molar-refractivity contribution is 0.245. The van der Waals surface area contributed by atoms with Gasteiger partial charge in [-0.15, -0.1) is 0 Å². The monoisotopic (exact) mass is 406 g/mol. The third kappa shape index (κ3) is 3.87. The third-order valence-corrected chi connectivity index (χ3v) is 6.10. The molecule has 0 N–H and O–H groups in total. The summed E-state index contributed by atoms with van der Waals surface area (Å²) in [6.45, 7) is 5.15. The number of aryl methyl sites for hydroxylation is 1. The first-order chi connectivity index (χ1) is 14.6. The second kappa shape index (κ2) is 7.68. The van der Waals surface area contributed by atoms with Crippen LogP contribution in [-0.4, -0.2) is 50.4 Å². The first-order valence-corrected chi connectivity index (χ1v) is 10.6. The minimum Gasteiger partial charge on any atom is -0.369 e. The molecule has 0 bridgehead atoms. The summed E-state index contributed by atoms with van der Waals surface area (Å²) < 4.78 is 3.14. The van der Waals surface area contributed by atoms with Gasteiger partial charge < -0.3 is 4.90 Å². The number of hydrogen-bond acceptors (Lipinski definition) is 6. The van der Waals surface area contributed by atoms with Gasteiger partial charge in [0.15, 0.2) is 0 Å². The Balaban J connectivity index is 1.26. The smallest absolute Gasteiger partial charge is 0.266 e. The lowest BCUT2D eigenvalue weighted by Gasteiger charge is -2.36. The number of nitrogens with zero attached hydrogens (tertiary/aromatic N) is 6. The highest BCUT2D eigenvalue weighted by Gasteiger charge is 2.23. The van der Waals surface area contributed by atoms with E-state index in [1.165, 1.54) is 17.5 Å². The van der Waals surface area contributed by atoms with Crippen molar-refractivity contribution in [3.63, 3.8) is 0 Å². The fourth-order valence-corrected chi connectivity index (χ4v) is 4.08. The molecule has 1 aliphatic heterocycles. The Kier molecular flexibility index (Phi) is 4.86. The van der Waals surface area contributed by atoms with Gasteiger partial charge in [0.05, 0.1) is 22.9 Å². The average Bonchev–Trinajstić information content (AvgIpc) is 3.57. The topological polar surface area (TPSA) is 76.3 Å². The zero-order chi connectivity index (χ0) is 20.7. The maximum Gasteiger partial charge on any atom is 0.266 e. The van der Waals surface area contributed by atoms with Crippen molar-refractivity contribution in [1.82, 2.24) is 24.2 Å². The zero-order valence-electron chi connectivity index (χ0n) is 17.2. The van der Waals surface area contributed by atoms with Gasteiger partial charge in [0.2, 0.25) is 0 Å². The predicted molar refractivity (Wildman–Crippen MR) is 116 cm³/mol. The molecule has 0 atom stereocenters. The van der Waals surface area contributed by atoms with Crippen molar-refractivity contribution in [2.45, 2.75) is 25.9 Å². The van der Waals surface area contributed by atoms with Crippen LogP contribution >= 0.6 is 0 Å². The number of aromatic nitrogens is 4. The van der Waals surface area contributed by atoms with Crippen molar-refractivity contribution in [3.05, 3.63) is 63.1 Å². The van der Waals surface area contributed by atoms with Crippen molar-refractivity contribution in [3.8, 4) is 0 Å². The van der Waals surface area contributed by atoms with Crippen LogP contribution in [0.2, 0.25) is 0 Å². The molecule has 1 aliphatic carbocycles. The lowest BCUT2D eigenvalue weighted by atomic mass is 10.2. The molecular formula is C22H26N6O2. The van der Waals surface area contributed by atoms with Gasteiger partial charge in [0, 0.05) is 58.1 Å². The molecule has 0 radical (unpaired) electrons. The molecule has 1 saturated heterocycles. The van der Waals surface area contributed by atoms with E-state index in [0.29, 0.717) is 11.3 Å². The molecule has 0 unspecified atom stereocenters. The summed E-state index contributed by atoms with van der Waals surface area (Å²) in [5, 5.41) is 5.02. The normalized spacial score (nSPS) is 17.6. The summed E-state index contributed by atoms with van der Waals surface area (Å²) in [4.78, 5) is 33.5. The van der Waals surface area contributed by atoms with Gasteiger partial charge in [-0.2, -0.15) is 5.10 Å². The van der Waals surface area contributed by atoms with Crippen LogP contribution in [0, 0.1) is 5.92 Å². The van der Waals surface area contributed by atoms with Gasteiger partial charge in [-0.05, 0) is 43.0 Å². The van der Waals surface area contributed by atoms with Crippen molar-refractivity contribution in [1.29, 1.82) is 0 Å². The minimum atomic E-state index is -0.0900. The zero-order valence-corrected chi connectivity index (χ0v) is 17.2. The van der Waals surface area contributed by atoms with E-state index >= 15 is 0 Å². The SMILES string of the molecule is Cn1nc(CN2CCN(c3ccc4c(=O)n(CC5CC5)cnc4c3)CC2)ccc1=O. The van der Waals surface area contributed by atoms with Gasteiger partial charge in [0.1, 0.15) is 0 Å².